The first-order valence-corrected chi connectivity index (χ1v) is 9.32. The first kappa shape index (κ1) is 18.1. The Kier molecular flexibility index (Phi) is 5.53. The fraction of sp³-hybridized carbons (Fsp3) is 0.238. The number of hydrogen-bond donors (Lipinski definition) is 1. The maximum absolute atomic E-state index is 12.3. The number of anilines is 2. The van der Waals surface area contributed by atoms with Gasteiger partial charge in [0.05, 0.1) is 0 Å². The van der Waals surface area contributed by atoms with Crippen LogP contribution in [0.15, 0.2) is 67.3 Å². The lowest BCUT2D eigenvalue weighted by molar-refractivity contribution is 0.102. The van der Waals surface area contributed by atoms with E-state index in [-0.39, 0.29) is 5.91 Å². The molecule has 7 heteroatoms. The van der Waals surface area contributed by atoms with E-state index >= 15 is 0 Å². The van der Waals surface area contributed by atoms with Crippen molar-refractivity contribution < 1.29 is 4.79 Å². The van der Waals surface area contributed by atoms with Crippen LogP contribution in [0.1, 0.15) is 15.9 Å². The standard InChI is InChI=1S/C21H22N6O/c28-21(18-6-8-22-9-7-18)25-19-14-20(24-16-23-19)27-12-10-26(11-13-27)15-17-4-2-1-3-5-17/h1-9,14,16H,10-13,15H2,(H,23,24,25,28). The Morgan fingerprint density at radius 2 is 1.71 bits per heavy atom. The highest BCUT2D eigenvalue weighted by atomic mass is 16.1. The van der Waals surface area contributed by atoms with Crippen molar-refractivity contribution in [2.45, 2.75) is 6.54 Å². The van der Waals surface area contributed by atoms with E-state index < -0.39 is 0 Å². The van der Waals surface area contributed by atoms with Gasteiger partial charge in [0.1, 0.15) is 18.0 Å². The second-order valence-corrected chi connectivity index (χ2v) is 6.70. The molecule has 1 aliphatic rings. The lowest BCUT2D eigenvalue weighted by atomic mass is 10.2. The topological polar surface area (TPSA) is 74.2 Å². The van der Waals surface area contributed by atoms with Crippen LogP contribution < -0.4 is 10.2 Å². The highest BCUT2D eigenvalue weighted by Crippen LogP contribution is 2.17. The van der Waals surface area contributed by atoms with Crippen LogP contribution in [-0.4, -0.2) is 51.9 Å². The minimum atomic E-state index is -0.209. The van der Waals surface area contributed by atoms with Gasteiger partial charge in [-0.1, -0.05) is 30.3 Å². The molecule has 0 unspecified atom stereocenters. The smallest absolute Gasteiger partial charge is 0.256 e. The summed E-state index contributed by atoms with van der Waals surface area (Å²) in [6.45, 7) is 4.68. The second kappa shape index (κ2) is 8.58. The van der Waals surface area contributed by atoms with Crippen LogP contribution in [0.25, 0.3) is 0 Å². The monoisotopic (exact) mass is 374 g/mol. The number of aromatic nitrogens is 3. The summed E-state index contributed by atoms with van der Waals surface area (Å²) < 4.78 is 0. The number of carbonyl (C=O) groups is 1. The summed E-state index contributed by atoms with van der Waals surface area (Å²) in [6, 6.07) is 15.7. The first-order chi connectivity index (χ1) is 13.8. The number of nitrogens with zero attached hydrogens (tertiary/aromatic N) is 5. The largest absolute Gasteiger partial charge is 0.354 e. The molecule has 142 valence electrons. The minimum Gasteiger partial charge on any atom is -0.354 e. The number of hydrogen-bond acceptors (Lipinski definition) is 6. The highest BCUT2D eigenvalue weighted by molar-refractivity contribution is 6.03. The number of rotatable bonds is 5. The average molecular weight is 374 g/mol. The van der Waals surface area contributed by atoms with E-state index in [1.807, 2.05) is 12.1 Å². The van der Waals surface area contributed by atoms with Crippen molar-refractivity contribution in [3.8, 4) is 0 Å². The predicted molar refractivity (Wildman–Crippen MR) is 108 cm³/mol. The van der Waals surface area contributed by atoms with Crippen LogP contribution in [0, 0.1) is 0 Å². The van der Waals surface area contributed by atoms with Crippen molar-refractivity contribution in [3.63, 3.8) is 0 Å². The SMILES string of the molecule is O=C(Nc1cc(N2CCN(Cc3ccccc3)CC2)ncn1)c1ccncc1. The Morgan fingerprint density at radius 3 is 2.46 bits per heavy atom. The van der Waals surface area contributed by atoms with Gasteiger partial charge in [0.2, 0.25) is 0 Å². The van der Waals surface area contributed by atoms with Crippen molar-refractivity contribution in [1.82, 2.24) is 19.9 Å². The quantitative estimate of drug-likeness (QED) is 0.739. The third kappa shape index (κ3) is 4.50. The van der Waals surface area contributed by atoms with E-state index in [0.29, 0.717) is 11.4 Å². The molecule has 1 saturated heterocycles. The van der Waals surface area contributed by atoms with E-state index in [9.17, 15) is 4.79 Å². The fourth-order valence-electron chi connectivity index (χ4n) is 3.26. The third-order valence-electron chi connectivity index (χ3n) is 4.78. The molecule has 0 saturated carbocycles. The van der Waals surface area contributed by atoms with E-state index in [1.165, 1.54) is 11.9 Å². The third-order valence-corrected chi connectivity index (χ3v) is 4.78. The van der Waals surface area contributed by atoms with Gasteiger partial charge in [0, 0.05) is 56.7 Å². The molecular formula is C21H22N6O. The number of pyridine rings is 1. The molecule has 0 aliphatic carbocycles. The molecular weight excluding hydrogens is 352 g/mol. The molecule has 7 nitrogen and oxygen atoms in total. The zero-order valence-electron chi connectivity index (χ0n) is 15.5. The molecule has 0 spiro atoms. The summed E-state index contributed by atoms with van der Waals surface area (Å²) in [5.74, 6) is 1.12. The maximum atomic E-state index is 12.3. The maximum Gasteiger partial charge on any atom is 0.256 e. The van der Waals surface area contributed by atoms with Crippen LogP contribution in [-0.2, 0) is 6.54 Å². The van der Waals surface area contributed by atoms with Crippen molar-refractivity contribution in [2.24, 2.45) is 0 Å². The van der Waals surface area contributed by atoms with Crippen LogP contribution in [0.3, 0.4) is 0 Å². The lowest BCUT2D eigenvalue weighted by Gasteiger charge is -2.35. The molecule has 4 rings (SSSR count). The van der Waals surface area contributed by atoms with Crippen LogP contribution >= 0.6 is 0 Å². The predicted octanol–water partition coefficient (Wildman–Crippen LogP) is 2.45. The molecule has 0 radical (unpaired) electrons. The Labute approximate surface area is 164 Å². The Hall–Kier alpha value is -3.32. The molecule has 0 bridgehead atoms. The van der Waals surface area contributed by atoms with E-state index in [4.69, 9.17) is 0 Å². The molecule has 1 amide bonds. The molecule has 1 aromatic carbocycles. The number of amides is 1. The zero-order chi connectivity index (χ0) is 19.2. The Balaban J connectivity index is 1.35. The summed E-state index contributed by atoms with van der Waals surface area (Å²) in [6.07, 6.45) is 4.68. The molecule has 3 aromatic rings. The highest BCUT2D eigenvalue weighted by Gasteiger charge is 2.19. The van der Waals surface area contributed by atoms with Crippen molar-refractivity contribution >= 4 is 17.5 Å². The van der Waals surface area contributed by atoms with Crippen LogP contribution in [0.2, 0.25) is 0 Å². The van der Waals surface area contributed by atoms with Gasteiger partial charge in [-0.2, -0.15) is 0 Å². The minimum absolute atomic E-state index is 0.209. The summed E-state index contributed by atoms with van der Waals surface area (Å²) in [7, 11) is 0. The fourth-order valence-corrected chi connectivity index (χ4v) is 3.26. The molecule has 28 heavy (non-hydrogen) atoms. The summed E-state index contributed by atoms with van der Waals surface area (Å²) in [5, 5.41) is 2.82. The van der Waals surface area contributed by atoms with Crippen LogP contribution in [0.5, 0.6) is 0 Å². The van der Waals surface area contributed by atoms with Crippen molar-refractivity contribution in [2.75, 3.05) is 36.4 Å². The van der Waals surface area contributed by atoms with E-state index in [2.05, 4.69) is 54.3 Å². The Bertz CT molecular complexity index is 910. The molecule has 0 atom stereocenters. The molecule has 1 N–H and O–H groups in total. The van der Waals surface area contributed by atoms with Crippen molar-refractivity contribution in [3.05, 3.63) is 78.4 Å². The van der Waals surface area contributed by atoms with Gasteiger partial charge in [-0.25, -0.2) is 9.97 Å². The van der Waals surface area contributed by atoms with E-state index in [0.717, 1.165) is 38.5 Å². The molecule has 1 fully saturated rings. The summed E-state index contributed by atoms with van der Waals surface area (Å²) >= 11 is 0. The zero-order valence-corrected chi connectivity index (χ0v) is 15.5. The average Bonchev–Trinajstić information content (AvgIpc) is 2.76. The lowest BCUT2D eigenvalue weighted by Crippen LogP contribution is -2.46. The number of nitrogens with one attached hydrogen (secondary N) is 1. The normalized spacial score (nSPS) is 14.6. The van der Waals surface area contributed by atoms with Crippen LogP contribution in [0.4, 0.5) is 11.6 Å². The summed E-state index contributed by atoms with van der Waals surface area (Å²) in [4.78, 5) is 29.5. The molecule has 2 aromatic heterocycles. The summed E-state index contributed by atoms with van der Waals surface area (Å²) in [5.41, 5.74) is 1.88. The number of piperazine rings is 1. The van der Waals surface area contributed by atoms with Gasteiger partial charge >= 0.3 is 0 Å². The molecule has 3 heterocycles. The number of benzene rings is 1. The van der Waals surface area contributed by atoms with Gasteiger partial charge < -0.3 is 10.2 Å². The second-order valence-electron chi connectivity index (χ2n) is 6.70. The van der Waals surface area contributed by atoms with Gasteiger partial charge in [-0.15, -0.1) is 0 Å². The van der Waals surface area contributed by atoms with Gasteiger partial charge in [-0.3, -0.25) is 14.7 Å². The Morgan fingerprint density at radius 1 is 0.964 bits per heavy atom. The van der Waals surface area contributed by atoms with E-state index in [1.54, 1.807) is 24.5 Å². The van der Waals surface area contributed by atoms with Gasteiger partial charge in [0.25, 0.3) is 5.91 Å². The number of carbonyl (C=O) groups excluding carboxylic acids is 1. The van der Waals surface area contributed by atoms with Crippen molar-refractivity contribution in [1.29, 1.82) is 0 Å². The van der Waals surface area contributed by atoms with Gasteiger partial charge in [0.15, 0.2) is 0 Å². The van der Waals surface area contributed by atoms with Gasteiger partial charge in [-0.05, 0) is 17.7 Å². The first-order valence-electron chi connectivity index (χ1n) is 9.32. The molecule has 1 aliphatic heterocycles.